The maximum absolute atomic E-state index is 12.2. The summed E-state index contributed by atoms with van der Waals surface area (Å²) >= 11 is 0. The van der Waals surface area contributed by atoms with Gasteiger partial charge in [-0.25, -0.2) is 0 Å². The molecule has 2 amide bonds. The molecule has 1 atom stereocenters. The van der Waals surface area contributed by atoms with Crippen LogP contribution < -0.4 is 10.6 Å². The lowest BCUT2D eigenvalue weighted by Crippen LogP contribution is -2.46. The van der Waals surface area contributed by atoms with Crippen LogP contribution in [0.2, 0.25) is 0 Å². The van der Waals surface area contributed by atoms with Crippen LogP contribution in [0, 0.1) is 5.92 Å². The smallest absolute Gasteiger partial charge is 0.247 e. The third-order valence-electron chi connectivity index (χ3n) is 2.84. The number of carbonyl (C=O) groups is 3. The molecule has 0 aromatic heterocycles. The van der Waals surface area contributed by atoms with Crippen molar-refractivity contribution in [2.75, 3.05) is 5.32 Å². The van der Waals surface area contributed by atoms with E-state index in [1.54, 1.807) is 24.3 Å². The number of Topliss-reactive ketones (excluding diaryl/α,β-unsaturated/α-hetero) is 1. The van der Waals surface area contributed by atoms with E-state index in [2.05, 4.69) is 10.6 Å². The molecule has 1 unspecified atom stereocenters. The van der Waals surface area contributed by atoms with Crippen LogP contribution in [0.25, 0.3) is 0 Å². The second kappa shape index (κ2) is 6.84. The van der Waals surface area contributed by atoms with Gasteiger partial charge in [0.2, 0.25) is 11.8 Å². The van der Waals surface area contributed by atoms with Crippen molar-refractivity contribution in [2.45, 2.75) is 33.7 Å². The third kappa shape index (κ3) is 4.50. The van der Waals surface area contributed by atoms with E-state index in [0.717, 1.165) is 0 Å². The number of anilines is 1. The van der Waals surface area contributed by atoms with Crippen molar-refractivity contribution in [1.82, 2.24) is 5.32 Å². The molecular weight excluding hydrogens is 256 g/mol. The topological polar surface area (TPSA) is 75.3 Å². The maximum Gasteiger partial charge on any atom is 0.247 e. The van der Waals surface area contributed by atoms with Gasteiger partial charge in [0.05, 0.1) is 0 Å². The van der Waals surface area contributed by atoms with Crippen molar-refractivity contribution < 1.29 is 14.4 Å². The molecule has 0 radical (unpaired) electrons. The molecule has 0 aliphatic carbocycles. The predicted molar refractivity (Wildman–Crippen MR) is 77.5 cm³/mol. The van der Waals surface area contributed by atoms with Crippen molar-refractivity contribution in [3.8, 4) is 0 Å². The summed E-state index contributed by atoms with van der Waals surface area (Å²) < 4.78 is 0. The number of hydrogen-bond donors (Lipinski definition) is 2. The molecule has 1 aromatic rings. The normalized spacial score (nSPS) is 11.8. The molecule has 5 nitrogen and oxygen atoms in total. The fourth-order valence-corrected chi connectivity index (χ4v) is 1.79. The Kier molecular flexibility index (Phi) is 5.43. The Labute approximate surface area is 118 Å². The summed E-state index contributed by atoms with van der Waals surface area (Å²) in [5, 5.41) is 5.34. The molecule has 0 spiro atoms. The minimum Gasteiger partial charge on any atom is -0.344 e. The van der Waals surface area contributed by atoms with Gasteiger partial charge in [0.1, 0.15) is 6.04 Å². The number of rotatable bonds is 5. The molecule has 0 saturated carbocycles. The zero-order valence-electron chi connectivity index (χ0n) is 12.2. The Morgan fingerprint density at radius 2 is 1.75 bits per heavy atom. The summed E-state index contributed by atoms with van der Waals surface area (Å²) in [5.41, 5.74) is 1.07. The number of benzene rings is 1. The van der Waals surface area contributed by atoms with Crippen molar-refractivity contribution in [2.24, 2.45) is 5.92 Å². The summed E-state index contributed by atoms with van der Waals surface area (Å²) in [7, 11) is 0. The zero-order chi connectivity index (χ0) is 15.3. The van der Waals surface area contributed by atoms with Gasteiger partial charge in [-0.05, 0) is 25.0 Å². The van der Waals surface area contributed by atoms with E-state index < -0.39 is 6.04 Å². The van der Waals surface area contributed by atoms with Crippen molar-refractivity contribution in [3.63, 3.8) is 0 Å². The van der Waals surface area contributed by atoms with Gasteiger partial charge in [0.25, 0.3) is 0 Å². The van der Waals surface area contributed by atoms with Gasteiger partial charge in [-0.3, -0.25) is 14.4 Å². The van der Waals surface area contributed by atoms with Crippen LogP contribution in [-0.4, -0.2) is 23.6 Å². The van der Waals surface area contributed by atoms with E-state index in [-0.39, 0.29) is 23.5 Å². The summed E-state index contributed by atoms with van der Waals surface area (Å²) in [5.74, 6) is -0.648. The molecule has 0 aliphatic rings. The molecule has 20 heavy (non-hydrogen) atoms. The lowest BCUT2D eigenvalue weighted by molar-refractivity contribution is -0.126. The Bertz CT molecular complexity index is 524. The monoisotopic (exact) mass is 276 g/mol. The second-order valence-corrected chi connectivity index (χ2v) is 5.05. The highest BCUT2D eigenvalue weighted by atomic mass is 16.2. The average molecular weight is 276 g/mol. The Morgan fingerprint density at radius 1 is 1.10 bits per heavy atom. The molecule has 0 bridgehead atoms. The Balaban J connectivity index is 2.85. The number of hydrogen-bond acceptors (Lipinski definition) is 3. The third-order valence-corrected chi connectivity index (χ3v) is 2.84. The first-order chi connectivity index (χ1) is 9.31. The molecule has 108 valence electrons. The quantitative estimate of drug-likeness (QED) is 0.807. The van der Waals surface area contributed by atoms with Crippen LogP contribution in [0.4, 0.5) is 5.69 Å². The lowest BCUT2D eigenvalue weighted by atomic mass is 10.0. The number of amides is 2. The zero-order valence-corrected chi connectivity index (χ0v) is 12.2. The van der Waals surface area contributed by atoms with E-state index in [1.807, 2.05) is 13.8 Å². The largest absolute Gasteiger partial charge is 0.344 e. The highest BCUT2D eigenvalue weighted by molar-refractivity contribution is 5.99. The SMILES string of the molecule is CC(=O)NC(C(=O)Nc1cccc(C(C)=O)c1)C(C)C. The molecular formula is C15H20N2O3. The second-order valence-electron chi connectivity index (χ2n) is 5.05. The average Bonchev–Trinajstić information content (AvgIpc) is 2.35. The molecule has 0 saturated heterocycles. The Morgan fingerprint density at radius 3 is 2.25 bits per heavy atom. The van der Waals surface area contributed by atoms with Gasteiger partial charge >= 0.3 is 0 Å². The summed E-state index contributed by atoms with van der Waals surface area (Å²) in [6.45, 7) is 6.55. The molecule has 0 heterocycles. The van der Waals surface area contributed by atoms with E-state index in [4.69, 9.17) is 0 Å². The highest BCUT2D eigenvalue weighted by Crippen LogP contribution is 2.13. The van der Waals surface area contributed by atoms with Crippen LogP contribution in [-0.2, 0) is 9.59 Å². The van der Waals surface area contributed by atoms with Gasteiger partial charge in [0.15, 0.2) is 5.78 Å². The minimum atomic E-state index is -0.603. The van der Waals surface area contributed by atoms with Gasteiger partial charge in [-0.1, -0.05) is 26.0 Å². The molecule has 1 rings (SSSR count). The van der Waals surface area contributed by atoms with Gasteiger partial charge < -0.3 is 10.6 Å². The minimum absolute atomic E-state index is 0.0325. The molecule has 2 N–H and O–H groups in total. The number of nitrogens with one attached hydrogen (secondary N) is 2. The maximum atomic E-state index is 12.2. The standard InChI is InChI=1S/C15H20N2O3/c1-9(2)14(16-11(4)19)15(20)17-13-7-5-6-12(8-13)10(3)18/h5-9,14H,1-4H3,(H,16,19)(H,17,20). The first kappa shape index (κ1) is 15.9. The van der Waals surface area contributed by atoms with E-state index in [1.165, 1.54) is 13.8 Å². The summed E-state index contributed by atoms with van der Waals surface area (Å²) in [4.78, 5) is 34.6. The number of ketones is 1. The number of carbonyl (C=O) groups excluding carboxylic acids is 3. The van der Waals surface area contributed by atoms with Crippen molar-refractivity contribution in [1.29, 1.82) is 0 Å². The molecule has 5 heteroatoms. The van der Waals surface area contributed by atoms with Crippen molar-refractivity contribution in [3.05, 3.63) is 29.8 Å². The fourth-order valence-electron chi connectivity index (χ4n) is 1.79. The summed E-state index contributed by atoms with van der Waals surface area (Å²) in [6.07, 6.45) is 0. The van der Waals surface area contributed by atoms with Gasteiger partial charge in [-0.2, -0.15) is 0 Å². The lowest BCUT2D eigenvalue weighted by Gasteiger charge is -2.21. The van der Waals surface area contributed by atoms with Gasteiger partial charge in [0, 0.05) is 18.2 Å². The van der Waals surface area contributed by atoms with E-state index in [9.17, 15) is 14.4 Å². The van der Waals surface area contributed by atoms with Crippen molar-refractivity contribution >= 4 is 23.3 Å². The van der Waals surface area contributed by atoms with E-state index >= 15 is 0 Å². The predicted octanol–water partition coefficient (Wildman–Crippen LogP) is 1.99. The van der Waals surface area contributed by atoms with Crippen LogP contribution in [0.15, 0.2) is 24.3 Å². The first-order valence-electron chi connectivity index (χ1n) is 6.50. The molecule has 1 aromatic carbocycles. The van der Waals surface area contributed by atoms with E-state index in [0.29, 0.717) is 11.3 Å². The summed E-state index contributed by atoms with van der Waals surface area (Å²) in [6, 6.07) is 6.11. The Hall–Kier alpha value is -2.17. The van der Waals surface area contributed by atoms with Crippen LogP contribution in [0.1, 0.15) is 38.1 Å². The fraction of sp³-hybridized carbons (Fsp3) is 0.400. The highest BCUT2D eigenvalue weighted by Gasteiger charge is 2.23. The molecule has 0 fully saturated rings. The van der Waals surface area contributed by atoms with Crippen LogP contribution >= 0.6 is 0 Å². The van der Waals surface area contributed by atoms with Crippen LogP contribution in [0.5, 0.6) is 0 Å². The molecule has 0 aliphatic heterocycles. The van der Waals surface area contributed by atoms with Gasteiger partial charge in [-0.15, -0.1) is 0 Å². The first-order valence-corrected chi connectivity index (χ1v) is 6.50. The van der Waals surface area contributed by atoms with Crippen LogP contribution in [0.3, 0.4) is 0 Å².